The van der Waals surface area contributed by atoms with Crippen LogP contribution in [0.3, 0.4) is 0 Å². The van der Waals surface area contributed by atoms with Gasteiger partial charge in [0, 0.05) is 0 Å². The first kappa shape index (κ1) is 38.4. The van der Waals surface area contributed by atoms with E-state index < -0.39 is 0 Å². The maximum atomic E-state index is 3.26. The van der Waals surface area contributed by atoms with E-state index >= 15 is 0 Å². The molecule has 0 radical (unpaired) electrons. The number of allylic oxidation sites excluding steroid dienone is 4. The Kier molecular flexibility index (Phi) is 14.0. The molecule has 0 nitrogen and oxygen atoms in total. The molecule has 0 bridgehead atoms. The van der Waals surface area contributed by atoms with Crippen LogP contribution in [0.5, 0.6) is 0 Å². The van der Waals surface area contributed by atoms with Crippen molar-refractivity contribution in [3.63, 3.8) is 0 Å². The largest absolute Gasteiger partial charge is 1.00 e. The normalized spacial score (nSPS) is 14.6. The fourth-order valence-electron chi connectivity index (χ4n) is 4.70. The standard InChI is InChI=1S/C21H25.C10H15.C8H8.2ClH.Zr/c1-20(2,3)16-7-9-18-14(12-16)11-15-13-17(21(4,5)6)8-10-19(15)18;1-8-5-6-9(7-8)10(2,3)4;1-2-8-6-4-3-5-7-8;;;/h7-13H,1-6H3;6-8H,1-4H3;3-7H,1H3;2*1H;/q2*-1;;;;+2/p-2. The van der Waals surface area contributed by atoms with Crippen molar-refractivity contribution in [3.8, 4) is 0 Å². The van der Waals surface area contributed by atoms with E-state index in [0.717, 1.165) is 0 Å². The molecular formula is C39H48Cl2Zr-2. The van der Waals surface area contributed by atoms with Gasteiger partial charge in [0.05, 0.1) is 0 Å². The van der Waals surface area contributed by atoms with Crippen LogP contribution in [0.4, 0.5) is 0 Å². The molecule has 0 N–H and O–H groups in total. The molecule has 1 aliphatic rings. The van der Waals surface area contributed by atoms with E-state index in [1.54, 1.807) is 0 Å². The number of benzene rings is 3. The van der Waals surface area contributed by atoms with Gasteiger partial charge in [-0.15, -0.1) is 39.7 Å². The van der Waals surface area contributed by atoms with E-state index in [2.05, 4.69) is 161 Å². The molecule has 1 atom stereocenters. The SMILES string of the molecule is CC(C)(C)c1ccc2c(c1)[cH-]c1cc(C(C)(C)C)ccc12.CC1[C-]=CC(C(C)(C)C)=C1.C[C](=[Zr+2])c1ccccc1.[Cl-].[Cl-]. The molecule has 0 aromatic heterocycles. The van der Waals surface area contributed by atoms with E-state index in [1.165, 1.54) is 71.2 Å². The smallest absolute Gasteiger partial charge is 1.00 e. The predicted molar refractivity (Wildman–Crippen MR) is 175 cm³/mol. The second kappa shape index (κ2) is 15.4. The Morgan fingerprint density at radius 2 is 1.14 bits per heavy atom. The number of fused-ring (bicyclic) bond motifs is 3. The quantitative estimate of drug-likeness (QED) is 0.247. The average Bonchev–Trinajstić information content (AvgIpc) is 3.47. The number of hydrogen-bond acceptors (Lipinski definition) is 0. The molecule has 4 aromatic rings. The summed E-state index contributed by atoms with van der Waals surface area (Å²) in [6, 6.07) is 26.7. The fraction of sp³-hybridized carbons (Fsp3) is 0.385. The summed E-state index contributed by atoms with van der Waals surface area (Å²) < 4.78 is 1.46. The summed E-state index contributed by atoms with van der Waals surface area (Å²) in [5.74, 6) is 0.522. The van der Waals surface area contributed by atoms with Crippen molar-refractivity contribution >= 4 is 24.8 Å². The van der Waals surface area contributed by atoms with Gasteiger partial charge in [-0.1, -0.05) is 116 Å². The van der Waals surface area contributed by atoms with Gasteiger partial charge < -0.3 is 24.8 Å². The van der Waals surface area contributed by atoms with Gasteiger partial charge in [0.1, 0.15) is 0 Å². The van der Waals surface area contributed by atoms with Crippen molar-refractivity contribution < 1.29 is 49.0 Å². The molecule has 0 aliphatic heterocycles. The minimum atomic E-state index is 0. The van der Waals surface area contributed by atoms with Crippen molar-refractivity contribution in [2.24, 2.45) is 11.3 Å². The molecule has 0 saturated heterocycles. The summed E-state index contributed by atoms with van der Waals surface area (Å²) in [6.45, 7) is 24.7. The van der Waals surface area contributed by atoms with Gasteiger partial charge in [-0.25, -0.2) is 6.08 Å². The molecule has 5 rings (SSSR count). The van der Waals surface area contributed by atoms with Gasteiger partial charge in [0.15, 0.2) is 0 Å². The molecule has 3 heteroatoms. The van der Waals surface area contributed by atoms with Crippen molar-refractivity contribution in [3.05, 3.63) is 113 Å². The fourth-order valence-corrected chi connectivity index (χ4v) is 5.11. The van der Waals surface area contributed by atoms with Crippen molar-refractivity contribution in [2.45, 2.75) is 87.0 Å². The summed E-state index contributed by atoms with van der Waals surface area (Å²) in [5.41, 5.74) is 6.30. The van der Waals surface area contributed by atoms with E-state index in [1.807, 2.05) is 6.07 Å². The van der Waals surface area contributed by atoms with Crippen LogP contribution in [-0.2, 0) is 35.1 Å². The Morgan fingerprint density at radius 3 is 1.43 bits per heavy atom. The minimum Gasteiger partial charge on any atom is -1.00 e. The Bertz CT molecular complexity index is 1450. The molecule has 0 fully saturated rings. The van der Waals surface area contributed by atoms with Gasteiger partial charge >= 0.3 is 70.3 Å². The van der Waals surface area contributed by atoms with Crippen LogP contribution >= 0.6 is 0 Å². The third kappa shape index (κ3) is 10.5. The van der Waals surface area contributed by atoms with Crippen LogP contribution in [0.1, 0.15) is 92.9 Å². The van der Waals surface area contributed by atoms with Crippen LogP contribution < -0.4 is 24.8 Å². The molecule has 224 valence electrons. The van der Waals surface area contributed by atoms with Crippen molar-refractivity contribution in [1.82, 2.24) is 0 Å². The predicted octanol–water partition coefficient (Wildman–Crippen LogP) is 5.06. The van der Waals surface area contributed by atoms with Gasteiger partial charge in [-0.05, 0) is 10.8 Å². The van der Waals surface area contributed by atoms with Crippen LogP contribution in [0, 0.1) is 17.4 Å². The maximum absolute atomic E-state index is 3.26. The Hall–Kier alpha value is -1.66. The molecule has 42 heavy (non-hydrogen) atoms. The molecular weight excluding hydrogens is 631 g/mol. The third-order valence-electron chi connectivity index (χ3n) is 7.44. The zero-order valence-corrected chi connectivity index (χ0v) is 31.4. The zero-order valence-electron chi connectivity index (χ0n) is 27.4. The molecule has 1 aliphatic carbocycles. The van der Waals surface area contributed by atoms with Crippen LogP contribution in [-0.4, -0.2) is 3.21 Å². The molecule has 0 heterocycles. The monoisotopic (exact) mass is 676 g/mol. The number of hydrogen-bond donors (Lipinski definition) is 0. The summed E-state index contributed by atoms with van der Waals surface area (Å²) in [7, 11) is 0. The Morgan fingerprint density at radius 1 is 0.690 bits per heavy atom. The van der Waals surface area contributed by atoms with Crippen LogP contribution in [0.2, 0.25) is 0 Å². The Balaban J connectivity index is 0.000000353. The first-order valence-corrected chi connectivity index (χ1v) is 15.8. The van der Waals surface area contributed by atoms with Crippen LogP contribution in [0.25, 0.3) is 21.5 Å². The number of halogens is 2. The van der Waals surface area contributed by atoms with E-state index in [-0.39, 0.29) is 35.6 Å². The third-order valence-corrected chi connectivity index (χ3v) is 8.15. The van der Waals surface area contributed by atoms with Gasteiger partial charge in [0.2, 0.25) is 0 Å². The summed E-state index contributed by atoms with van der Waals surface area (Å²) in [5, 5.41) is 5.48. The Labute approximate surface area is 283 Å². The first-order chi connectivity index (χ1) is 18.5. The van der Waals surface area contributed by atoms with Crippen molar-refractivity contribution in [1.29, 1.82) is 0 Å². The van der Waals surface area contributed by atoms with E-state index in [9.17, 15) is 0 Å². The molecule has 0 saturated carbocycles. The van der Waals surface area contributed by atoms with Gasteiger partial charge in [0.25, 0.3) is 0 Å². The first-order valence-electron chi connectivity index (χ1n) is 14.5. The number of rotatable bonds is 1. The molecule has 0 spiro atoms. The second-order valence-electron chi connectivity index (χ2n) is 14.2. The maximum Gasteiger partial charge on any atom is -1.00 e. The minimum absolute atomic E-state index is 0. The summed E-state index contributed by atoms with van der Waals surface area (Å²) >= 11 is 1.51. The van der Waals surface area contributed by atoms with E-state index in [0.29, 0.717) is 11.3 Å². The van der Waals surface area contributed by atoms with E-state index in [4.69, 9.17) is 0 Å². The van der Waals surface area contributed by atoms with Crippen molar-refractivity contribution in [2.75, 3.05) is 0 Å². The van der Waals surface area contributed by atoms with Gasteiger partial charge in [-0.3, -0.25) is 6.08 Å². The summed E-state index contributed by atoms with van der Waals surface area (Å²) in [4.78, 5) is 0. The van der Waals surface area contributed by atoms with Gasteiger partial charge in [-0.2, -0.15) is 11.6 Å². The second-order valence-corrected chi connectivity index (χ2v) is 16.1. The molecule has 0 amide bonds. The topological polar surface area (TPSA) is 0 Å². The summed E-state index contributed by atoms with van der Waals surface area (Å²) in [6.07, 6.45) is 7.65. The average molecular weight is 679 g/mol. The zero-order chi connectivity index (χ0) is 29.9. The molecule has 4 aromatic carbocycles. The van der Waals surface area contributed by atoms with Crippen LogP contribution in [0.15, 0.2) is 90.5 Å². The molecule has 1 unspecified atom stereocenters.